The van der Waals surface area contributed by atoms with Gasteiger partial charge < -0.3 is 9.47 Å². The minimum Gasteiger partial charge on any atom is -0.452 e. The minimum atomic E-state index is -1.68. The molecule has 0 bridgehead atoms. The Kier molecular flexibility index (Phi) is 8.46. The van der Waals surface area contributed by atoms with Gasteiger partial charge in [-0.1, -0.05) is 83.5 Å². The third kappa shape index (κ3) is 6.87. The summed E-state index contributed by atoms with van der Waals surface area (Å²) in [6.07, 6.45) is 1.43. The van der Waals surface area contributed by atoms with E-state index in [2.05, 4.69) is 82.5 Å². The molecule has 2 unspecified atom stereocenters. The first-order valence-electron chi connectivity index (χ1n) is 11.5. The average molecular weight is 482 g/mol. The van der Waals surface area contributed by atoms with Crippen molar-refractivity contribution in [2.75, 3.05) is 18.6 Å². The Morgan fingerprint density at radius 3 is 2.33 bits per heavy atom. The van der Waals surface area contributed by atoms with Gasteiger partial charge in [0.15, 0.2) is 0 Å². The smallest absolute Gasteiger partial charge is 0.415 e. The quantitative estimate of drug-likeness (QED) is 0.372. The van der Waals surface area contributed by atoms with E-state index in [4.69, 9.17) is 9.47 Å². The molecule has 0 fully saturated rings. The summed E-state index contributed by atoms with van der Waals surface area (Å²) in [5, 5.41) is 0.208. The largest absolute Gasteiger partial charge is 0.452 e. The molecule has 178 valence electrons. The number of carbonyl (C=O) groups excluding carboxylic acids is 1. The Balaban J connectivity index is 2.42. The monoisotopic (exact) mass is 481 g/mol. The van der Waals surface area contributed by atoms with E-state index in [-0.39, 0.29) is 11.1 Å². The second-order valence-electron chi connectivity index (χ2n) is 11.1. The van der Waals surface area contributed by atoms with Crippen LogP contribution >= 0.6 is 0 Å². The number of hydrogen-bond donors (Lipinski definition) is 0. The Labute approximate surface area is 202 Å². The summed E-state index contributed by atoms with van der Waals surface area (Å²) in [7, 11) is -1.95. The molecule has 0 spiro atoms. The standard InChI is InChI=1S/C27H39NO3Si2/c1-21(31-17-13-18-33(9,10)27(2,3)4)23-20-22-14-11-12-15-24(22)28(26(29)30-5)25(23)16-19-32(6,7)8/h11-12,14-15,20-21,25H,17H2,1-10H3. The van der Waals surface area contributed by atoms with Gasteiger partial charge in [0.1, 0.15) is 28.8 Å². The summed E-state index contributed by atoms with van der Waals surface area (Å²) in [4.78, 5) is 14.5. The lowest BCUT2D eigenvalue weighted by Gasteiger charge is -2.36. The van der Waals surface area contributed by atoms with E-state index in [1.54, 1.807) is 4.90 Å². The molecular weight excluding hydrogens is 442 g/mol. The number of para-hydroxylation sites is 1. The summed E-state index contributed by atoms with van der Waals surface area (Å²) >= 11 is 0. The van der Waals surface area contributed by atoms with Crippen LogP contribution in [-0.4, -0.2) is 48.1 Å². The normalized spacial score (nSPS) is 17.0. The van der Waals surface area contributed by atoms with Gasteiger partial charge in [-0.05, 0) is 35.2 Å². The highest BCUT2D eigenvalue weighted by Gasteiger charge is 2.36. The molecule has 0 aliphatic carbocycles. The second-order valence-corrected chi connectivity index (χ2v) is 20.8. The van der Waals surface area contributed by atoms with E-state index in [1.807, 2.05) is 31.2 Å². The molecule has 1 aromatic rings. The highest BCUT2D eigenvalue weighted by Crippen LogP contribution is 2.36. The van der Waals surface area contributed by atoms with Gasteiger partial charge in [0.05, 0.1) is 18.9 Å². The molecule has 1 aliphatic heterocycles. The zero-order valence-electron chi connectivity index (χ0n) is 21.9. The molecule has 0 radical (unpaired) electrons. The molecule has 1 heterocycles. The Hall–Kier alpha value is -2.26. The molecule has 1 amide bonds. The second kappa shape index (κ2) is 10.3. The molecule has 33 heavy (non-hydrogen) atoms. The van der Waals surface area contributed by atoms with E-state index in [1.165, 1.54) is 7.11 Å². The molecule has 0 aromatic heterocycles. The van der Waals surface area contributed by atoms with Crippen LogP contribution in [0.25, 0.3) is 6.08 Å². The number of nitrogens with zero attached hydrogens (tertiary/aromatic N) is 1. The van der Waals surface area contributed by atoms with Crippen LogP contribution in [0.5, 0.6) is 0 Å². The van der Waals surface area contributed by atoms with Crippen LogP contribution in [0, 0.1) is 22.9 Å². The van der Waals surface area contributed by atoms with Crippen LogP contribution in [0.3, 0.4) is 0 Å². The van der Waals surface area contributed by atoms with Crippen LogP contribution in [0.15, 0.2) is 29.8 Å². The fraction of sp³-hybridized carbons (Fsp3) is 0.519. The van der Waals surface area contributed by atoms with E-state index in [9.17, 15) is 4.79 Å². The third-order valence-corrected chi connectivity index (χ3v) is 11.6. The van der Waals surface area contributed by atoms with Crippen molar-refractivity contribution in [3.8, 4) is 22.9 Å². The first-order chi connectivity index (χ1) is 15.2. The van der Waals surface area contributed by atoms with Crippen LogP contribution in [0.1, 0.15) is 33.3 Å². The van der Waals surface area contributed by atoms with Gasteiger partial charge in [0, 0.05) is 0 Å². The van der Waals surface area contributed by atoms with Crippen LogP contribution < -0.4 is 4.90 Å². The van der Waals surface area contributed by atoms with Gasteiger partial charge in [-0.15, -0.1) is 11.1 Å². The number of amides is 1. The number of methoxy groups -OCH3 is 1. The third-order valence-electron chi connectivity index (χ3n) is 6.20. The highest BCUT2D eigenvalue weighted by molar-refractivity contribution is 6.87. The SMILES string of the molecule is COC(=O)N1c2ccccc2C=C(C(C)OCC#C[Si](C)(C)C(C)(C)C)C1C#C[Si](C)(C)C. The predicted octanol–water partition coefficient (Wildman–Crippen LogP) is 6.36. The maximum Gasteiger partial charge on any atom is 0.415 e. The zero-order chi connectivity index (χ0) is 25.0. The molecule has 1 aromatic carbocycles. The van der Waals surface area contributed by atoms with Crippen LogP contribution in [-0.2, 0) is 9.47 Å². The average Bonchev–Trinajstić information content (AvgIpc) is 2.72. The van der Waals surface area contributed by atoms with Crippen molar-refractivity contribution in [3.63, 3.8) is 0 Å². The van der Waals surface area contributed by atoms with E-state index in [0.717, 1.165) is 16.8 Å². The summed E-state index contributed by atoms with van der Waals surface area (Å²) in [6, 6.07) is 7.37. The van der Waals surface area contributed by atoms with Crippen molar-refractivity contribution in [3.05, 3.63) is 35.4 Å². The topological polar surface area (TPSA) is 38.8 Å². The Bertz CT molecular complexity index is 1020. The fourth-order valence-electron chi connectivity index (χ4n) is 3.16. The molecule has 1 aliphatic rings. The molecule has 2 atom stereocenters. The summed E-state index contributed by atoms with van der Waals surface area (Å²) in [6.45, 7) is 20.3. The van der Waals surface area contributed by atoms with Crippen molar-refractivity contribution < 1.29 is 14.3 Å². The zero-order valence-corrected chi connectivity index (χ0v) is 23.9. The highest BCUT2D eigenvalue weighted by atomic mass is 28.3. The molecule has 0 saturated heterocycles. The van der Waals surface area contributed by atoms with E-state index < -0.39 is 28.3 Å². The van der Waals surface area contributed by atoms with Crippen LogP contribution in [0.2, 0.25) is 37.8 Å². The molecular formula is C27H39NO3Si2. The van der Waals surface area contributed by atoms with Gasteiger partial charge in [-0.25, -0.2) is 4.79 Å². The molecule has 2 rings (SSSR count). The van der Waals surface area contributed by atoms with E-state index >= 15 is 0 Å². The van der Waals surface area contributed by atoms with Crippen molar-refractivity contribution in [2.45, 2.75) is 77.6 Å². The molecule has 6 heteroatoms. The Morgan fingerprint density at radius 2 is 1.76 bits per heavy atom. The number of anilines is 1. The fourth-order valence-corrected chi connectivity index (χ4v) is 4.62. The maximum absolute atomic E-state index is 12.9. The number of fused-ring (bicyclic) bond motifs is 1. The van der Waals surface area contributed by atoms with Gasteiger partial charge >= 0.3 is 6.09 Å². The summed E-state index contributed by atoms with van der Waals surface area (Å²) < 4.78 is 11.3. The lowest BCUT2D eigenvalue weighted by Crippen LogP contribution is -2.45. The molecule has 0 saturated carbocycles. The number of rotatable bonds is 3. The lowest BCUT2D eigenvalue weighted by atomic mass is 9.92. The van der Waals surface area contributed by atoms with Crippen molar-refractivity contribution >= 4 is 34.0 Å². The summed E-state index contributed by atoms with van der Waals surface area (Å²) in [5.41, 5.74) is 9.64. The van der Waals surface area contributed by atoms with Crippen molar-refractivity contribution in [1.29, 1.82) is 0 Å². The predicted molar refractivity (Wildman–Crippen MR) is 145 cm³/mol. The molecule has 0 N–H and O–H groups in total. The van der Waals surface area contributed by atoms with Gasteiger partial charge in [0.25, 0.3) is 0 Å². The Morgan fingerprint density at radius 1 is 1.12 bits per heavy atom. The first kappa shape index (κ1) is 27.0. The lowest BCUT2D eigenvalue weighted by molar-refractivity contribution is 0.116. The number of ether oxygens (including phenoxy) is 2. The van der Waals surface area contributed by atoms with Gasteiger partial charge in [0.2, 0.25) is 0 Å². The number of hydrogen-bond acceptors (Lipinski definition) is 3. The number of benzene rings is 1. The summed E-state index contributed by atoms with van der Waals surface area (Å²) in [5.74, 6) is 6.66. The number of carbonyl (C=O) groups is 1. The maximum atomic E-state index is 12.9. The van der Waals surface area contributed by atoms with E-state index in [0.29, 0.717) is 6.61 Å². The van der Waals surface area contributed by atoms with Crippen molar-refractivity contribution in [2.24, 2.45) is 0 Å². The van der Waals surface area contributed by atoms with Gasteiger partial charge in [-0.3, -0.25) is 4.90 Å². The molecule has 4 nitrogen and oxygen atoms in total. The van der Waals surface area contributed by atoms with Gasteiger partial charge in [-0.2, -0.15) is 0 Å². The van der Waals surface area contributed by atoms with Crippen molar-refractivity contribution in [1.82, 2.24) is 0 Å². The van der Waals surface area contributed by atoms with Crippen LogP contribution in [0.4, 0.5) is 10.5 Å². The minimum absolute atomic E-state index is 0.208. The first-order valence-corrected chi connectivity index (χ1v) is 18.0.